The van der Waals surface area contributed by atoms with Crippen LogP contribution in [0.4, 0.5) is 0 Å². The summed E-state index contributed by atoms with van der Waals surface area (Å²) in [5.41, 5.74) is 1.24. The molecule has 2 aromatic heterocycles. The van der Waals surface area contributed by atoms with Crippen LogP contribution in [0.2, 0.25) is 0 Å². The number of aryl methyl sites for hydroxylation is 1. The largest absolute Gasteiger partial charge is 0.391 e. The first-order valence-electron chi connectivity index (χ1n) is 5.11. The zero-order valence-electron chi connectivity index (χ0n) is 8.26. The van der Waals surface area contributed by atoms with Gasteiger partial charge in [-0.3, -0.25) is 0 Å². The van der Waals surface area contributed by atoms with E-state index in [1.807, 2.05) is 12.3 Å². The highest BCUT2D eigenvalue weighted by Gasteiger charge is 2.20. The molecule has 0 radical (unpaired) electrons. The van der Waals surface area contributed by atoms with Crippen molar-refractivity contribution in [3.63, 3.8) is 0 Å². The topological polar surface area (TPSA) is 38.1 Å². The summed E-state index contributed by atoms with van der Waals surface area (Å²) in [6, 6.07) is 4.10. The Balaban J connectivity index is 2.07. The average molecular weight is 220 g/mol. The Morgan fingerprint density at radius 1 is 1.53 bits per heavy atom. The van der Waals surface area contributed by atoms with E-state index in [0.29, 0.717) is 6.54 Å². The van der Waals surface area contributed by atoms with Gasteiger partial charge in [-0.2, -0.15) is 0 Å². The predicted molar refractivity (Wildman–Crippen MR) is 59.9 cm³/mol. The second-order valence-corrected chi connectivity index (χ2v) is 4.80. The van der Waals surface area contributed by atoms with Crippen LogP contribution in [0.3, 0.4) is 0 Å². The SMILES string of the molecule is OC1CCc2cnc(-c3cccs3)n2C1. The Hall–Kier alpha value is -1.13. The number of hydrogen-bond donors (Lipinski definition) is 1. The molecule has 2 aromatic rings. The van der Waals surface area contributed by atoms with E-state index < -0.39 is 0 Å². The number of rotatable bonds is 1. The molecule has 1 aliphatic heterocycles. The molecule has 1 unspecified atom stereocenters. The van der Waals surface area contributed by atoms with Gasteiger partial charge in [-0.15, -0.1) is 11.3 Å². The minimum Gasteiger partial charge on any atom is -0.391 e. The maximum Gasteiger partial charge on any atom is 0.150 e. The van der Waals surface area contributed by atoms with Gasteiger partial charge >= 0.3 is 0 Å². The molecule has 3 heterocycles. The van der Waals surface area contributed by atoms with Gasteiger partial charge < -0.3 is 9.67 Å². The van der Waals surface area contributed by atoms with E-state index in [9.17, 15) is 5.11 Å². The van der Waals surface area contributed by atoms with E-state index in [4.69, 9.17) is 0 Å². The molecule has 15 heavy (non-hydrogen) atoms. The Morgan fingerprint density at radius 2 is 2.47 bits per heavy atom. The van der Waals surface area contributed by atoms with Gasteiger partial charge in [-0.25, -0.2) is 4.98 Å². The summed E-state index contributed by atoms with van der Waals surface area (Å²) < 4.78 is 2.14. The summed E-state index contributed by atoms with van der Waals surface area (Å²) >= 11 is 1.69. The summed E-state index contributed by atoms with van der Waals surface area (Å²) in [6.45, 7) is 0.683. The lowest BCUT2D eigenvalue weighted by molar-refractivity contribution is 0.132. The summed E-state index contributed by atoms with van der Waals surface area (Å²) in [5, 5.41) is 11.7. The van der Waals surface area contributed by atoms with Gasteiger partial charge in [0.1, 0.15) is 5.82 Å². The van der Waals surface area contributed by atoms with Crippen LogP contribution in [-0.2, 0) is 13.0 Å². The van der Waals surface area contributed by atoms with Crippen molar-refractivity contribution >= 4 is 11.3 Å². The first kappa shape index (κ1) is 9.12. The maximum atomic E-state index is 9.65. The Kier molecular flexibility index (Phi) is 2.11. The molecular formula is C11H12N2OS. The minimum atomic E-state index is -0.217. The van der Waals surface area contributed by atoms with Gasteiger partial charge in [0.2, 0.25) is 0 Å². The number of imidazole rings is 1. The first-order valence-corrected chi connectivity index (χ1v) is 5.99. The Labute approximate surface area is 92.0 Å². The minimum absolute atomic E-state index is 0.217. The average Bonchev–Trinajstić information content (AvgIpc) is 2.83. The molecule has 3 rings (SSSR count). The second kappa shape index (κ2) is 3.47. The molecule has 0 bridgehead atoms. The molecule has 0 aromatic carbocycles. The number of nitrogens with zero attached hydrogens (tertiary/aromatic N) is 2. The van der Waals surface area contributed by atoms with E-state index in [1.54, 1.807) is 11.3 Å². The molecule has 0 spiro atoms. The molecule has 4 heteroatoms. The highest BCUT2D eigenvalue weighted by Crippen LogP contribution is 2.27. The van der Waals surface area contributed by atoms with Crippen molar-refractivity contribution in [3.05, 3.63) is 29.4 Å². The summed E-state index contributed by atoms with van der Waals surface area (Å²) in [4.78, 5) is 5.61. The normalized spacial score (nSPS) is 20.2. The van der Waals surface area contributed by atoms with Crippen molar-refractivity contribution in [1.82, 2.24) is 9.55 Å². The van der Waals surface area contributed by atoms with E-state index in [0.717, 1.165) is 18.7 Å². The molecule has 0 fully saturated rings. The zero-order valence-corrected chi connectivity index (χ0v) is 9.07. The zero-order chi connectivity index (χ0) is 10.3. The van der Waals surface area contributed by atoms with Gasteiger partial charge in [0.25, 0.3) is 0 Å². The van der Waals surface area contributed by atoms with Crippen molar-refractivity contribution in [3.8, 4) is 10.7 Å². The highest BCUT2D eigenvalue weighted by molar-refractivity contribution is 7.13. The molecule has 1 atom stereocenters. The van der Waals surface area contributed by atoms with Gasteiger partial charge in [0.05, 0.1) is 17.5 Å². The van der Waals surface area contributed by atoms with Crippen LogP contribution in [0.1, 0.15) is 12.1 Å². The number of aliphatic hydroxyl groups excluding tert-OH is 1. The van der Waals surface area contributed by atoms with E-state index in [1.165, 1.54) is 10.6 Å². The third-order valence-corrected chi connectivity index (χ3v) is 3.67. The third kappa shape index (κ3) is 1.50. The molecule has 3 nitrogen and oxygen atoms in total. The Morgan fingerprint density at radius 3 is 3.27 bits per heavy atom. The molecule has 0 aliphatic carbocycles. The molecular weight excluding hydrogens is 208 g/mol. The molecule has 0 amide bonds. The Bertz CT molecular complexity index is 461. The van der Waals surface area contributed by atoms with Gasteiger partial charge in [0.15, 0.2) is 0 Å². The van der Waals surface area contributed by atoms with Crippen LogP contribution < -0.4 is 0 Å². The fourth-order valence-corrected chi connectivity index (χ4v) is 2.76. The first-order chi connectivity index (χ1) is 7.34. The van der Waals surface area contributed by atoms with E-state index in [2.05, 4.69) is 21.0 Å². The predicted octanol–water partition coefficient (Wildman–Crippen LogP) is 1.92. The summed E-state index contributed by atoms with van der Waals surface area (Å²) in [7, 11) is 0. The number of hydrogen-bond acceptors (Lipinski definition) is 3. The van der Waals surface area contributed by atoms with Crippen LogP contribution in [0.5, 0.6) is 0 Å². The maximum absolute atomic E-state index is 9.65. The molecule has 1 N–H and O–H groups in total. The van der Waals surface area contributed by atoms with E-state index in [-0.39, 0.29) is 6.10 Å². The van der Waals surface area contributed by atoms with Gasteiger partial charge in [-0.05, 0) is 24.3 Å². The van der Waals surface area contributed by atoms with Crippen molar-refractivity contribution in [2.45, 2.75) is 25.5 Å². The van der Waals surface area contributed by atoms with E-state index >= 15 is 0 Å². The molecule has 0 saturated heterocycles. The number of thiophene rings is 1. The number of aromatic nitrogens is 2. The molecule has 78 valence electrons. The lowest BCUT2D eigenvalue weighted by atomic mass is 10.1. The van der Waals surface area contributed by atoms with Crippen molar-refractivity contribution in [1.29, 1.82) is 0 Å². The van der Waals surface area contributed by atoms with Crippen molar-refractivity contribution in [2.24, 2.45) is 0 Å². The monoisotopic (exact) mass is 220 g/mol. The fourth-order valence-electron chi connectivity index (χ4n) is 2.03. The van der Waals surface area contributed by atoms with Crippen LogP contribution in [0.15, 0.2) is 23.7 Å². The summed E-state index contributed by atoms with van der Waals surface area (Å²) in [6.07, 6.45) is 3.50. The lowest BCUT2D eigenvalue weighted by Gasteiger charge is -2.21. The molecule has 0 saturated carbocycles. The van der Waals surface area contributed by atoms with Crippen LogP contribution in [0.25, 0.3) is 10.7 Å². The highest BCUT2D eigenvalue weighted by atomic mass is 32.1. The van der Waals surface area contributed by atoms with Crippen LogP contribution in [-0.4, -0.2) is 20.8 Å². The standard InChI is InChI=1S/C11H12N2OS/c14-9-4-3-8-6-12-11(13(8)7-9)10-2-1-5-15-10/h1-2,5-6,9,14H,3-4,7H2. The summed E-state index contributed by atoms with van der Waals surface area (Å²) in [5.74, 6) is 0.999. The van der Waals surface area contributed by atoms with Gasteiger partial charge in [0, 0.05) is 11.9 Å². The number of aliphatic hydroxyl groups is 1. The number of fused-ring (bicyclic) bond motifs is 1. The van der Waals surface area contributed by atoms with Gasteiger partial charge in [-0.1, -0.05) is 6.07 Å². The quantitative estimate of drug-likeness (QED) is 0.797. The van der Waals surface area contributed by atoms with Crippen molar-refractivity contribution < 1.29 is 5.11 Å². The fraction of sp³-hybridized carbons (Fsp3) is 0.364. The second-order valence-electron chi connectivity index (χ2n) is 3.85. The van der Waals surface area contributed by atoms with Crippen molar-refractivity contribution in [2.75, 3.05) is 0 Å². The smallest absolute Gasteiger partial charge is 0.150 e. The molecule has 1 aliphatic rings. The van der Waals surface area contributed by atoms with Crippen LogP contribution >= 0.6 is 11.3 Å². The third-order valence-electron chi connectivity index (χ3n) is 2.81. The lowest BCUT2D eigenvalue weighted by Crippen LogP contribution is -2.24. The van der Waals surface area contributed by atoms with Crippen LogP contribution in [0, 0.1) is 0 Å².